The summed E-state index contributed by atoms with van der Waals surface area (Å²) >= 11 is 5.97. The smallest absolute Gasteiger partial charge is 0.269 e. The van der Waals surface area contributed by atoms with Crippen LogP contribution in [0.25, 0.3) is 6.08 Å². The number of fused-ring (bicyclic) bond motifs is 5. The van der Waals surface area contributed by atoms with Crippen molar-refractivity contribution in [3.63, 3.8) is 0 Å². The second-order valence-corrected chi connectivity index (χ2v) is 9.55. The van der Waals surface area contributed by atoms with E-state index in [1.807, 2.05) is 30.3 Å². The van der Waals surface area contributed by atoms with Crippen molar-refractivity contribution in [1.29, 1.82) is 0 Å². The van der Waals surface area contributed by atoms with Crippen LogP contribution in [0.15, 0.2) is 79.0 Å². The van der Waals surface area contributed by atoms with Gasteiger partial charge in [-0.3, -0.25) is 24.5 Å². The molecule has 3 aromatic carbocycles. The van der Waals surface area contributed by atoms with E-state index >= 15 is 0 Å². The number of halogens is 1. The summed E-state index contributed by atoms with van der Waals surface area (Å²) in [4.78, 5) is 54.7. The Kier molecular flexibility index (Phi) is 5.31. The van der Waals surface area contributed by atoms with Gasteiger partial charge in [-0.2, -0.15) is 0 Å². The van der Waals surface area contributed by atoms with Gasteiger partial charge in [-0.1, -0.05) is 35.9 Å². The summed E-state index contributed by atoms with van der Waals surface area (Å²) in [5.41, 5.74) is 2.36. The van der Waals surface area contributed by atoms with E-state index in [2.05, 4.69) is 5.32 Å². The van der Waals surface area contributed by atoms with Gasteiger partial charge in [-0.05, 0) is 53.6 Å². The van der Waals surface area contributed by atoms with Crippen molar-refractivity contribution >= 4 is 52.5 Å². The third kappa shape index (κ3) is 3.58. The van der Waals surface area contributed by atoms with Crippen molar-refractivity contribution in [1.82, 2.24) is 4.90 Å². The van der Waals surface area contributed by atoms with E-state index < -0.39 is 46.6 Å². The van der Waals surface area contributed by atoms with E-state index in [0.717, 1.165) is 16.0 Å². The molecule has 0 radical (unpaired) electrons. The molecule has 3 aromatic rings. The quantitative estimate of drug-likeness (QED) is 0.313. The molecule has 4 atom stereocenters. The first kappa shape index (κ1) is 22.9. The molecule has 0 spiro atoms. The molecule has 3 amide bonds. The van der Waals surface area contributed by atoms with Gasteiger partial charge in [0.1, 0.15) is 6.04 Å². The van der Waals surface area contributed by atoms with Crippen LogP contribution in [0.5, 0.6) is 0 Å². The average Bonchev–Trinajstić information content (AvgIpc) is 3.38. The highest BCUT2D eigenvalue weighted by Gasteiger charge is 2.64. The van der Waals surface area contributed by atoms with E-state index in [0.29, 0.717) is 10.7 Å². The standard InChI is InChI=1S/C27H19ClN4O5/c28-16-5-7-17(8-6-16)29-25(33)24-22-21(23-20-4-2-1-3-15(20)13-14-30(23)24)26(34)31(27(22)35)18-9-11-19(12-10-18)32(36)37/h1-14,21-24H,(H,29,33)/t21-,22+,23+,24-/m0/s1. The Hall–Kier alpha value is -4.50. The van der Waals surface area contributed by atoms with Crippen LogP contribution in [0.3, 0.4) is 0 Å². The molecule has 184 valence electrons. The number of nitro benzene ring substituents is 1. The summed E-state index contributed by atoms with van der Waals surface area (Å²) in [5.74, 6) is -3.13. The van der Waals surface area contributed by atoms with Crippen LogP contribution < -0.4 is 10.2 Å². The molecule has 0 aromatic heterocycles. The van der Waals surface area contributed by atoms with Crippen molar-refractivity contribution in [2.75, 3.05) is 10.2 Å². The van der Waals surface area contributed by atoms with E-state index in [1.54, 1.807) is 35.4 Å². The lowest BCUT2D eigenvalue weighted by Crippen LogP contribution is -2.46. The largest absolute Gasteiger partial charge is 0.357 e. The summed E-state index contributed by atoms with van der Waals surface area (Å²) in [6.45, 7) is 0. The predicted octanol–water partition coefficient (Wildman–Crippen LogP) is 4.40. The number of benzene rings is 3. The van der Waals surface area contributed by atoms with Crippen LogP contribution in [0.4, 0.5) is 17.1 Å². The van der Waals surface area contributed by atoms with Crippen molar-refractivity contribution < 1.29 is 19.3 Å². The van der Waals surface area contributed by atoms with Crippen molar-refractivity contribution in [2.24, 2.45) is 11.8 Å². The zero-order valence-corrected chi connectivity index (χ0v) is 19.9. The predicted molar refractivity (Wildman–Crippen MR) is 136 cm³/mol. The highest BCUT2D eigenvalue weighted by atomic mass is 35.5. The fourth-order valence-electron chi connectivity index (χ4n) is 5.58. The minimum Gasteiger partial charge on any atom is -0.357 e. The number of non-ortho nitro benzene ring substituents is 1. The maximum atomic E-state index is 13.8. The van der Waals surface area contributed by atoms with Gasteiger partial charge in [0.15, 0.2) is 0 Å². The highest BCUT2D eigenvalue weighted by molar-refractivity contribution is 6.30. The number of carbonyl (C=O) groups excluding carboxylic acids is 3. The molecule has 2 fully saturated rings. The second kappa shape index (κ2) is 8.56. The third-order valence-corrected chi connectivity index (χ3v) is 7.41. The highest BCUT2D eigenvalue weighted by Crippen LogP contribution is 2.53. The molecule has 0 saturated carbocycles. The van der Waals surface area contributed by atoms with Crippen molar-refractivity contribution in [3.05, 3.63) is 105 Å². The van der Waals surface area contributed by atoms with Gasteiger partial charge < -0.3 is 10.2 Å². The first-order chi connectivity index (χ1) is 17.8. The van der Waals surface area contributed by atoms with Crippen LogP contribution in [-0.2, 0) is 14.4 Å². The minimum atomic E-state index is -0.949. The number of anilines is 2. The number of hydrogen-bond donors (Lipinski definition) is 1. The van der Waals surface area contributed by atoms with E-state index in [4.69, 9.17) is 11.6 Å². The van der Waals surface area contributed by atoms with Crippen LogP contribution in [-0.4, -0.2) is 33.6 Å². The molecule has 3 aliphatic heterocycles. The Morgan fingerprint density at radius 1 is 0.919 bits per heavy atom. The number of nitro groups is 1. The van der Waals surface area contributed by atoms with E-state index in [1.165, 1.54) is 24.3 Å². The normalized spacial score (nSPS) is 23.5. The lowest BCUT2D eigenvalue weighted by atomic mass is 9.84. The van der Waals surface area contributed by atoms with Gasteiger partial charge in [0.2, 0.25) is 17.7 Å². The van der Waals surface area contributed by atoms with Crippen LogP contribution in [0.2, 0.25) is 5.02 Å². The Bertz CT molecular complexity index is 1490. The molecule has 2 saturated heterocycles. The maximum Gasteiger partial charge on any atom is 0.269 e. The van der Waals surface area contributed by atoms with E-state index in [-0.39, 0.29) is 11.4 Å². The minimum absolute atomic E-state index is 0.152. The number of imide groups is 1. The number of hydrogen-bond acceptors (Lipinski definition) is 6. The first-order valence-corrected chi connectivity index (χ1v) is 12.0. The first-order valence-electron chi connectivity index (χ1n) is 11.6. The Balaban J connectivity index is 1.42. The lowest BCUT2D eigenvalue weighted by Gasteiger charge is -2.35. The zero-order chi connectivity index (χ0) is 25.8. The van der Waals surface area contributed by atoms with Gasteiger partial charge in [0.25, 0.3) is 5.69 Å². The lowest BCUT2D eigenvalue weighted by molar-refractivity contribution is -0.384. The SMILES string of the molecule is O=C(Nc1ccc(Cl)cc1)[C@@H]1[C@@H]2C(=O)N(c3ccc([N+](=O)[O-])cc3)C(=O)[C@@H]2[C@H]2c3ccccc3C=CN12. The van der Waals surface area contributed by atoms with Gasteiger partial charge in [0, 0.05) is 29.0 Å². The molecule has 9 nitrogen and oxygen atoms in total. The molecule has 3 heterocycles. The van der Waals surface area contributed by atoms with Crippen LogP contribution in [0.1, 0.15) is 17.2 Å². The summed E-state index contributed by atoms with van der Waals surface area (Å²) in [7, 11) is 0. The topological polar surface area (TPSA) is 113 Å². The Labute approximate surface area is 216 Å². The Morgan fingerprint density at radius 2 is 1.59 bits per heavy atom. The molecule has 37 heavy (non-hydrogen) atoms. The van der Waals surface area contributed by atoms with Gasteiger partial charge in [0.05, 0.1) is 28.5 Å². The molecular weight excluding hydrogens is 496 g/mol. The van der Waals surface area contributed by atoms with Crippen molar-refractivity contribution in [3.8, 4) is 0 Å². The Morgan fingerprint density at radius 3 is 2.30 bits per heavy atom. The van der Waals surface area contributed by atoms with Gasteiger partial charge in [-0.25, -0.2) is 4.90 Å². The molecule has 6 rings (SSSR count). The zero-order valence-electron chi connectivity index (χ0n) is 19.2. The third-order valence-electron chi connectivity index (χ3n) is 7.16. The molecular formula is C27H19ClN4O5. The van der Waals surface area contributed by atoms with E-state index in [9.17, 15) is 24.5 Å². The summed E-state index contributed by atoms with van der Waals surface area (Å²) < 4.78 is 0. The van der Waals surface area contributed by atoms with Gasteiger partial charge in [-0.15, -0.1) is 0 Å². The molecule has 3 aliphatic rings. The summed E-state index contributed by atoms with van der Waals surface area (Å²) in [6, 6.07) is 18.0. The maximum absolute atomic E-state index is 13.8. The molecule has 0 bridgehead atoms. The number of nitrogens with one attached hydrogen (secondary N) is 1. The fourth-order valence-corrected chi connectivity index (χ4v) is 5.71. The molecule has 0 aliphatic carbocycles. The molecule has 0 unspecified atom stereocenters. The van der Waals surface area contributed by atoms with Crippen LogP contribution in [0, 0.1) is 22.0 Å². The number of amides is 3. The molecule has 10 heteroatoms. The van der Waals surface area contributed by atoms with Crippen LogP contribution >= 0.6 is 11.6 Å². The fraction of sp³-hybridized carbons (Fsp3) is 0.148. The second-order valence-electron chi connectivity index (χ2n) is 9.11. The number of nitrogens with zero attached hydrogens (tertiary/aromatic N) is 3. The number of rotatable bonds is 4. The van der Waals surface area contributed by atoms with Gasteiger partial charge >= 0.3 is 0 Å². The summed E-state index contributed by atoms with van der Waals surface area (Å²) in [6.07, 6.45) is 3.65. The van der Waals surface area contributed by atoms with Crippen molar-refractivity contribution in [2.45, 2.75) is 12.1 Å². The number of carbonyl (C=O) groups is 3. The summed E-state index contributed by atoms with van der Waals surface area (Å²) in [5, 5.41) is 14.5. The molecule has 1 N–H and O–H groups in total. The monoisotopic (exact) mass is 514 g/mol. The average molecular weight is 515 g/mol.